The van der Waals surface area contributed by atoms with Gasteiger partial charge < -0.3 is 20.5 Å². The molecule has 3 atom stereocenters. The molecule has 0 aliphatic heterocycles. The molecule has 2 aliphatic carbocycles. The third kappa shape index (κ3) is 5.02. The van der Waals surface area contributed by atoms with E-state index in [-0.39, 0.29) is 30.3 Å². The van der Waals surface area contributed by atoms with E-state index in [0.717, 1.165) is 30.4 Å². The van der Waals surface area contributed by atoms with Gasteiger partial charge in [0.2, 0.25) is 5.91 Å². The van der Waals surface area contributed by atoms with Crippen molar-refractivity contribution in [2.24, 2.45) is 11.8 Å². The lowest BCUT2D eigenvalue weighted by molar-refractivity contribution is -0.142. The van der Waals surface area contributed by atoms with E-state index in [9.17, 15) is 14.4 Å². The molecule has 33 heavy (non-hydrogen) atoms. The van der Waals surface area contributed by atoms with Gasteiger partial charge >= 0.3 is 12.1 Å². The van der Waals surface area contributed by atoms with Crippen molar-refractivity contribution < 1.29 is 24.2 Å². The van der Waals surface area contributed by atoms with E-state index in [2.05, 4.69) is 34.9 Å². The van der Waals surface area contributed by atoms with Crippen LogP contribution in [0.2, 0.25) is 0 Å². The summed E-state index contributed by atoms with van der Waals surface area (Å²) in [7, 11) is 0. The van der Waals surface area contributed by atoms with Crippen molar-refractivity contribution in [3.05, 3.63) is 59.7 Å². The number of amides is 2. The first-order valence-electron chi connectivity index (χ1n) is 11.6. The Hall–Kier alpha value is -3.35. The molecule has 0 radical (unpaired) electrons. The highest BCUT2D eigenvalue weighted by Gasteiger charge is 2.33. The smallest absolute Gasteiger partial charge is 0.407 e. The summed E-state index contributed by atoms with van der Waals surface area (Å²) in [6, 6.07) is 15.4. The van der Waals surface area contributed by atoms with Crippen molar-refractivity contribution in [1.82, 2.24) is 10.6 Å². The molecule has 7 heteroatoms. The Morgan fingerprint density at radius 1 is 1.00 bits per heavy atom. The van der Waals surface area contributed by atoms with Crippen LogP contribution >= 0.6 is 0 Å². The first-order chi connectivity index (χ1) is 16.0. The molecule has 2 aliphatic rings. The summed E-state index contributed by atoms with van der Waals surface area (Å²) in [5.74, 6) is -1.68. The molecule has 2 amide bonds. The molecule has 0 aromatic heterocycles. The van der Waals surface area contributed by atoms with E-state index in [0.29, 0.717) is 13.0 Å². The van der Waals surface area contributed by atoms with Gasteiger partial charge in [0, 0.05) is 18.4 Å². The van der Waals surface area contributed by atoms with Gasteiger partial charge in [-0.05, 0) is 47.9 Å². The van der Waals surface area contributed by atoms with Crippen LogP contribution in [0, 0.1) is 11.8 Å². The van der Waals surface area contributed by atoms with Crippen LogP contribution in [0.4, 0.5) is 4.79 Å². The standard InChI is InChI=1S/C26H30N2O5/c1-16(25(30)31)28-24(29)18-9-3-2-8-17(18)14-27-26(32)33-15-23-21-12-6-4-10-19(21)20-11-5-7-13-22(20)23/h4-7,10-13,16-18,23H,2-3,8-9,14-15H2,1H3,(H,27,32)(H,28,29)(H,30,31)/t16-,17+,18+/m1/s1. The average Bonchev–Trinajstić information content (AvgIpc) is 3.15. The molecule has 0 spiro atoms. The maximum absolute atomic E-state index is 12.6. The van der Waals surface area contributed by atoms with Crippen molar-refractivity contribution in [1.29, 1.82) is 0 Å². The third-order valence-electron chi connectivity index (χ3n) is 6.83. The molecule has 1 fully saturated rings. The summed E-state index contributed by atoms with van der Waals surface area (Å²) >= 11 is 0. The lowest BCUT2D eigenvalue weighted by Crippen LogP contribution is -2.46. The Kier molecular flexibility index (Phi) is 6.96. The summed E-state index contributed by atoms with van der Waals surface area (Å²) in [6.45, 7) is 2.02. The number of nitrogens with one attached hydrogen (secondary N) is 2. The van der Waals surface area contributed by atoms with Gasteiger partial charge in [-0.2, -0.15) is 0 Å². The number of carboxylic acid groups (broad SMARTS) is 1. The molecule has 3 N–H and O–H groups in total. The maximum atomic E-state index is 12.6. The van der Waals surface area contributed by atoms with Crippen LogP contribution in [-0.2, 0) is 14.3 Å². The van der Waals surface area contributed by atoms with Gasteiger partial charge in [-0.25, -0.2) is 4.79 Å². The van der Waals surface area contributed by atoms with Gasteiger partial charge in [-0.3, -0.25) is 9.59 Å². The first kappa shape index (κ1) is 22.8. The van der Waals surface area contributed by atoms with E-state index < -0.39 is 18.1 Å². The molecule has 0 saturated heterocycles. The molecule has 4 rings (SSSR count). The fourth-order valence-corrected chi connectivity index (χ4v) is 5.04. The molecular weight excluding hydrogens is 420 g/mol. The summed E-state index contributed by atoms with van der Waals surface area (Å²) in [6.07, 6.45) is 2.90. The number of benzene rings is 2. The Labute approximate surface area is 193 Å². The van der Waals surface area contributed by atoms with E-state index in [1.165, 1.54) is 18.1 Å². The summed E-state index contributed by atoms with van der Waals surface area (Å²) in [5, 5.41) is 14.4. The highest BCUT2D eigenvalue weighted by molar-refractivity contribution is 5.85. The SMILES string of the molecule is C[C@@H](NC(=O)[C@H]1CCCC[C@H]1CNC(=O)OCC1c2ccccc2-c2ccccc21)C(=O)O. The van der Waals surface area contributed by atoms with Crippen LogP contribution in [0.15, 0.2) is 48.5 Å². The van der Waals surface area contributed by atoms with E-state index >= 15 is 0 Å². The topological polar surface area (TPSA) is 105 Å². The highest BCUT2D eigenvalue weighted by atomic mass is 16.5. The zero-order chi connectivity index (χ0) is 23.4. The quantitative estimate of drug-likeness (QED) is 0.593. The molecule has 1 saturated carbocycles. The van der Waals surface area contributed by atoms with Crippen molar-refractivity contribution in [2.45, 2.75) is 44.6 Å². The van der Waals surface area contributed by atoms with Crippen LogP contribution in [-0.4, -0.2) is 42.3 Å². The van der Waals surface area contributed by atoms with Crippen LogP contribution in [0.1, 0.15) is 49.7 Å². The second-order valence-electron chi connectivity index (χ2n) is 8.93. The minimum absolute atomic E-state index is 0.00568. The fraction of sp³-hybridized carbons (Fsp3) is 0.423. The van der Waals surface area contributed by atoms with Gasteiger partial charge in [-0.15, -0.1) is 0 Å². The number of ether oxygens (including phenoxy) is 1. The van der Waals surface area contributed by atoms with Gasteiger partial charge in [0.1, 0.15) is 12.6 Å². The second kappa shape index (κ2) is 10.1. The van der Waals surface area contributed by atoms with Gasteiger partial charge in [0.05, 0.1) is 0 Å². The zero-order valence-electron chi connectivity index (χ0n) is 18.8. The van der Waals surface area contributed by atoms with Crippen LogP contribution in [0.25, 0.3) is 11.1 Å². The lowest BCUT2D eigenvalue weighted by Gasteiger charge is -2.31. The Morgan fingerprint density at radius 2 is 1.61 bits per heavy atom. The minimum atomic E-state index is -1.06. The van der Waals surface area contributed by atoms with Gasteiger partial charge in [0.15, 0.2) is 0 Å². The molecule has 2 aromatic rings. The molecule has 0 unspecified atom stereocenters. The van der Waals surface area contributed by atoms with Crippen molar-refractivity contribution in [2.75, 3.05) is 13.2 Å². The normalized spacial score (nSPS) is 20.3. The fourth-order valence-electron chi connectivity index (χ4n) is 5.04. The Bertz CT molecular complexity index is 991. The number of carboxylic acids is 1. The number of hydrogen-bond donors (Lipinski definition) is 3. The Morgan fingerprint density at radius 3 is 2.24 bits per heavy atom. The van der Waals surface area contributed by atoms with Crippen LogP contribution < -0.4 is 10.6 Å². The van der Waals surface area contributed by atoms with Gasteiger partial charge in [0.25, 0.3) is 0 Å². The molecule has 2 aromatic carbocycles. The van der Waals surface area contributed by atoms with Gasteiger partial charge in [-0.1, -0.05) is 61.4 Å². The zero-order valence-corrected chi connectivity index (χ0v) is 18.8. The molecule has 0 heterocycles. The lowest BCUT2D eigenvalue weighted by atomic mass is 9.78. The second-order valence-corrected chi connectivity index (χ2v) is 8.93. The van der Waals surface area contributed by atoms with Crippen molar-refractivity contribution in [3.8, 4) is 11.1 Å². The third-order valence-corrected chi connectivity index (χ3v) is 6.83. The molecular formula is C26H30N2O5. The predicted octanol–water partition coefficient (Wildman–Crippen LogP) is 3.92. The van der Waals surface area contributed by atoms with Crippen LogP contribution in [0.3, 0.4) is 0 Å². The number of carbonyl (C=O) groups excluding carboxylic acids is 2. The number of fused-ring (bicyclic) bond motifs is 3. The monoisotopic (exact) mass is 450 g/mol. The average molecular weight is 451 g/mol. The predicted molar refractivity (Wildman–Crippen MR) is 124 cm³/mol. The van der Waals surface area contributed by atoms with Crippen molar-refractivity contribution >= 4 is 18.0 Å². The largest absolute Gasteiger partial charge is 0.480 e. The summed E-state index contributed by atoms with van der Waals surface area (Å²) in [5.41, 5.74) is 4.66. The maximum Gasteiger partial charge on any atom is 0.407 e. The molecule has 174 valence electrons. The van der Waals surface area contributed by atoms with E-state index in [4.69, 9.17) is 9.84 Å². The number of hydrogen-bond acceptors (Lipinski definition) is 4. The number of alkyl carbamates (subject to hydrolysis) is 1. The van der Waals surface area contributed by atoms with Crippen molar-refractivity contribution in [3.63, 3.8) is 0 Å². The highest BCUT2D eigenvalue weighted by Crippen LogP contribution is 2.44. The number of carbonyl (C=O) groups is 3. The van der Waals surface area contributed by atoms with E-state index in [1.54, 1.807) is 0 Å². The molecule has 7 nitrogen and oxygen atoms in total. The minimum Gasteiger partial charge on any atom is -0.480 e. The number of rotatable bonds is 7. The Balaban J connectivity index is 1.33. The first-order valence-corrected chi connectivity index (χ1v) is 11.6. The number of aliphatic carboxylic acids is 1. The molecule has 0 bridgehead atoms. The summed E-state index contributed by atoms with van der Waals surface area (Å²) < 4.78 is 5.59. The van der Waals surface area contributed by atoms with E-state index in [1.807, 2.05) is 24.3 Å². The summed E-state index contributed by atoms with van der Waals surface area (Å²) in [4.78, 5) is 36.1. The van der Waals surface area contributed by atoms with Crippen LogP contribution in [0.5, 0.6) is 0 Å².